The summed E-state index contributed by atoms with van der Waals surface area (Å²) in [5, 5.41) is 10.3. The normalized spacial score (nSPS) is 10.5. The SMILES string of the molecule is O=C([O-])c1cc2[se]ccc2[nH]1. The summed E-state index contributed by atoms with van der Waals surface area (Å²) in [4.78, 5) is 15.2. The van der Waals surface area contributed by atoms with Gasteiger partial charge in [0, 0.05) is 0 Å². The Morgan fingerprint density at radius 1 is 1.64 bits per heavy atom. The third-order valence-electron chi connectivity index (χ3n) is 1.46. The molecule has 0 amide bonds. The van der Waals surface area contributed by atoms with E-state index in [0.717, 1.165) is 9.78 Å². The van der Waals surface area contributed by atoms with Crippen LogP contribution in [0.3, 0.4) is 0 Å². The molecule has 0 aromatic carbocycles. The standard InChI is InChI=1S/C7H5NO2Se/c9-7(10)5-3-6-4(8-5)1-2-11-6/h1-3,8H,(H,9,10)/p-1. The summed E-state index contributed by atoms with van der Waals surface area (Å²) >= 11 is 0.305. The molecule has 0 radical (unpaired) electrons. The molecule has 0 fully saturated rings. The van der Waals surface area contributed by atoms with Gasteiger partial charge in [0.1, 0.15) is 0 Å². The Labute approximate surface area is 68.4 Å². The maximum absolute atomic E-state index is 10.3. The van der Waals surface area contributed by atoms with Crippen LogP contribution in [0.5, 0.6) is 0 Å². The topological polar surface area (TPSA) is 55.9 Å². The number of aromatic nitrogens is 1. The number of aromatic amines is 1. The van der Waals surface area contributed by atoms with Crippen molar-refractivity contribution in [2.75, 3.05) is 0 Å². The van der Waals surface area contributed by atoms with E-state index in [1.807, 2.05) is 11.0 Å². The van der Waals surface area contributed by atoms with Gasteiger partial charge in [0.2, 0.25) is 0 Å². The van der Waals surface area contributed by atoms with Crippen molar-refractivity contribution in [3.8, 4) is 0 Å². The van der Waals surface area contributed by atoms with Crippen LogP contribution in [-0.2, 0) is 0 Å². The van der Waals surface area contributed by atoms with Crippen LogP contribution in [0.15, 0.2) is 17.1 Å². The molecule has 2 aromatic heterocycles. The van der Waals surface area contributed by atoms with Crippen LogP contribution in [-0.4, -0.2) is 25.5 Å². The molecule has 2 heterocycles. The number of carboxylic acids is 1. The molecule has 11 heavy (non-hydrogen) atoms. The zero-order valence-electron chi connectivity index (χ0n) is 5.46. The third-order valence-corrected chi connectivity index (χ3v) is 3.27. The summed E-state index contributed by atoms with van der Waals surface area (Å²) in [6, 6.07) is 3.55. The van der Waals surface area contributed by atoms with Crippen molar-refractivity contribution >= 4 is 30.2 Å². The van der Waals surface area contributed by atoms with Crippen molar-refractivity contribution in [3.63, 3.8) is 0 Å². The van der Waals surface area contributed by atoms with Gasteiger partial charge in [0.05, 0.1) is 0 Å². The van der Waals surface area contributed by atoms with E-state index in [2.05, 4.69) is 4.98 Å². The van der Waals surface area contributed by atoms with Crippen molar-refractivity contribution in [1.82, 2.24) is 4.98 Å². The second kappa shape index (κ2) is 2.26. The zero-order valence-corrected chi connectivity index (χ0v) is 7.17. The molecule has 0 unspecified atom stereocenters. The van der Waals surface area contributed by atoms with E-state index >= 15 is 0 Å². The van der Waals surface area contributed by atoms with E-state index in [9.17, 15) is 9.90 Å². The summed E-state index contributed by atoms with van der Waals surface area (Å²) in [5.41, 5.74) is 1.10. The first-order chi connectivity index (χ1) is 5.27. The van der Waals surface area contributed by atoms with E-state index in [1.165, 1.54) is 0 Å². The monoisotopic (exact) mass is 214 g/mol. The number of carbonyl (C=O) groups excluding carboxylic acids is 1. The molecule has 0 aliphatic rings. The van der Waals surface area contributed by atoms with E-state index in [-0.39, 0.29) is 5.69 Å². The maximum atomic E-state index is 10.3. The minimum atomic E-state index is -1.14. The Kier molecular flexibility index (Phi) is 1.37. The molecule has 0 aliphatic carbocycles. The van der Waals surface area contributed by atoms with Crippen LogP contribution < -0.4 is 5.11 Å². The van der Waals surface area contributed by atoms with Crippen LogP contribution in [0.25, 0.3) is 9.78 Å². The first kappa shape index (κ1) is 6.70. The first-order valence-corrected chi connectivity index (χ1v) is 4.89. The Morgan fingerprint density at radius 2 is 2.45 bits per heavy atom. The molecule has 0 saturated carbocycles. The molecular formula is C7H4NO2Se-. The predicted octanol–water partition coefficient (Wildman–Crippen LogP) is -0.412. The molecule has 1 N–H and O–H groups in total. The first-order valence-electron chi connectivity index (χ1n) is 3.05. The molecule has 4 heteroatoms. The molecule has 0 atom stereocenters. The molecule has 2 rings (SSSR count). The third kappa shape index (κ3) is 1.00. The number of rotatable bonds is 1. The number of fused-ring (bicyclic) bond motifs is 1. The summed E-state index contributed by atoms with van der Waals surface area (Å²) in [5.74, 6) is -1.14. The Bertz CT molecular complexity index is 373. The van der Waals surface area contributed by atoms with Crippen molar-refractivity contribution in [2.24, 2.45) is 0 Å². The number of H-pyrrole nitrogens is 1. The van der Waals surface area contributed by atoms with Crippen LogP contribution in [0.2, 0.25) is 0 Å². The summed E-state index contributed by atoms with van der Waals surface area (Å²) in [7, 11) is 0. The average molecular weight is 213 g/mol. The number of hydrogen-bond donors (Lipinski definition) is 1. The number of aromatic carboxylic acids is 1. The van der Waals surface area contributed by atoms with Gasteiger partial charge in [-0.3, -0.25) is 0 Å². The van der Waals surface area contributed by atoms with Crippen molar-refractivity contribution in [2.45, 2.75) is 0 Å². The number of carbonyl (C=O) groups is 1. The quantitative estimate of drug-likeness (QED) is 0.654. The molecule has 0 spiro atoms. The van der Waals surface area contributed by atoms with E-state index in [0.29, 0.717) is 14.5 Å². The van der Waals surface area contributed by atoms with Crippen LogP contribution in [0.1, 0.15) is 10.5 Å². The van der Waals surface area contributed by atoms with Crippen LogP contribution in [0, 0.1) is 0 Å². The predicted molar refractivity (Wildman–Crippen MR) is 39.6 cm³/mol. The second-order valence-corrected chi connectivity index (χ2v) is 4.16. The van der Waals surface area contributed by atoms with Gasteiger partial charge in [0.15, 0.2) is 0 Å². The summed E-state index contributed by atoms with van der Waals surface area (Å²) in [6.07, 6.45) is 0. The molecular weight excluding hydrogens is 209 g/mol. The van der Waals surface area contributed by atoms with Gasteiger partial charge in [-0.25, -0.2) is 0 Å². The van der Waals surface area contributed by atoms with Crippen LogP contribution in [0.4, 0.5) is 0 Å². The molecule has 0 saturated heterocycles. The number of nitrogens with one attached hydrogen (secondary N) is 1. The van der Waals surface area contributed by atoms with E-state index < -0.39 is 5.97 Å². The van der Waals surface area contributed by atoms with Gasteiger partial charge in [-0.2, -0.15) is 0 Å². The fraction of sp³-hybridized carbons (Fsp3) is 0. The minimum absolute atomic E-state index is 0.182. The number of hydrogen-bond acceptors (Lipinski definition) is 2. The Hall–Kier alpha value is -0.991. The Balaban J connectivity index is 2.67. The molecule has 0 bridgehead atoms. The molecule has 56 valence electrons. The van der Waals surface area contributed by atoms with Crippen LogP contribution >= 0.6 is 0 Å². The van der Waals surface area contributed by atoms with E-state index in [1.54, 1.807) is 6.07 Å². The van der Waals surface area contributed by atoms with E-state index in [4.69, 9.17) is 0 Å². The second-order valence-electron chi connectivity index (χ2n) is 2.17. The summed E-state index contributed by atoms with van der Waals surface area (Å²) < 4.78 is 1.09. The fourth-order valence-corrected chi connectivity index (χ4v) is 2.60. The molecule has 2 aromatic rings. The fourth-order valence-electron chi connectivity index (χ4n) is 0.958. The molecule has 3 nitrogen and oxygen atoms in total. The number of carboxylic acid groups (broad SMARTS) is 1. The Morgan fingerprint density at radius 3 is 3.09 bits per heavy atom. The van der Waals surface area contributed by atoms with Gasteiger partial charge in [-0.1, -0.05) is 0 Å². The van der Waals surface area contributed by atoms with Gasteiger partial charge >= 0.3 is 67.9 Å². The van der Waals surface area contributed by atoms with Gasteiger partial charge < -0.3 is 0 Å². The van der Waals surface area contributed by atoms with Crippen molar-refractivity contribution in [1.29, 1.82) is 0 Å². The zero-order chi connectivity index (χ0) is 7.84. The van der Waals surface area contributed by atoms with Crippen molar-refractivity contribution < 1.29 is 9.90 Å². The summed E-state index contributed by atoms with van der Waals surface area (Å²) in [6.45, 7) is 0. The average Bonchev–Trinajstić information content (AvgIpc) is 2.40. The van der Waals surface area contributed by atoms with Crippen molar-refractivity contribution in [3.05, 3.63) is 22.8 Å². The van der Waals surface area contributed by atoms with Gasteiger partial charge in [0.25, 0.3) is 0 Å². The van der Waals surface area contributed by atoms with Gasteiger partial charge in [-0.05, 0) is 0 Å². The molecule has 0 aliphatic heterocycles. The van der Waals surface area contributed by atoms with Gasteiger partial charge in [-0.15, -0.1) is 0 Å².